The highest BCUT2D eigenvalue weighted by Gasteiger charge is 2.35. The number of hydrogen-bond donors (Lipinski definition) is 0. The minimum absolute atomic E-state index is 0.135. The lowest BCUT2D eigenvalue weighted by Gasteiger charge is -2.17. The predicted octanol–water partition coefficient (Wildman–Crippen LogP) is 5.09. The van der Waals surface area contributed by atoms with E-state index in [9.17, 15) is 13.2 Å². The van der Waals surface area contributed by atoms with Crippen LogP contribution in [-0.2, 0) is 12.6 Å². The maximum absolute atomic E-state index is 13.0. The van der Waals surface area contributed by atoms with Crippen LogP contribution in [0.2, 0.25) is 0 Å². The number of aromatic nitrogens is 2. The monoisotopic (exact) mass is 493 g/mol. The van der Waals surface area contributed by atoms with Gasteiger partial charge in [-0.1, -0.05) is 49.4 Å². The average Bonchev–Trinajstić information content (AvgIpc) is 3.51. The van der Waals surface area contributed by atoms with Crippen molar-refractivity contribution < 1.29 is 17.9 Å². The van der Waals surface area contributed by atoms with Crippen molar-refractivity contribution in [3.8, 4) is 5.75 Å². The lowest BCUT2D eigenvalue weighted by atomic mass is 9.91. The van der Waals surface area contributed by atoms with Crippen LogP contribution in [-0.4, -0.2) is 47.8 Å². The third-order valence-corrected chi connectivity index (χ3v) is 6.56. The summed E-state index contributed by atoms with van der Waals surface area (Å²) in [7, 11) is 0. The second kappa shape index (κ2) is 10.1. The Morgan fingerprint density at radius 3 is 2.53 bits per heavy atom. The second-order valence-corrected chi connectivity index (χ2v) is 9.18. The van der Waals surface area contributed by atoms with E-state index in [0.29, 0.717) is 38.0 Å². The van der Waals surface area contributed by atoms with E-state index in [2.05, 4.69) is 26.9 Å². The third-order valence-electron chi connectivity index (χ3n) is 6.56. The number of amidine groups is 1. The van der Waals surface area contributed by atoms with Crippen molar-refractivity contribution in [2.24, 2.45) is 21.8 Å². The van der Waals surface area contributed by atoms with Gasteiger partial charge in [-0.2, -0.15) is 13.2 Å². The van der Waals surface area contributed by atoms with Crippen molar-refractivity contribution in [3.63, 3.8) is 0 Å². The van der Waals surface area contributed by atoms with Gasteiger partial charge < -0.3 is 9.64 Å². The van der Waals surface area contributed by atoms with Crippen molar-refractivity contribution in [2.75, 3.05) is 31.1 Å². The lowest BCUT2D eigenvalue weighted by Crippen LogP contribution is -2.24. The average molecular weight is 494 g/mol. The third kappa shape index (κ3) is 5.56. The number of nitrogens with zero attached hydrogens (tertiary/aromatic N) is 5. The van der Waals surface area contributed by atoms with Crippen LogP contribution in [0.5, 0.6) is 5.75 Å². The summed E-state index contributed by atoms with van der Waals surface area (Å²) in [5.74, 6) is 2.14. The fourth-order valence-corrected chi connectivity index (χ4v) is 4.55. The molecule has 1 saturated heterocycles. The largest absolute Gasteiger partial charge is 0.486 e. The Hall–Kier alpha value is -3.75. The quantitative estimate of drug-likeness (QED) is 0.460. The summed E-state index contributed by atoms with van der Waals surface area (Å²) in [6.07, 6.45) is -2.49. The fourth-order valence-electron chi connectivity index (χ4n) is 4.55. The molecule has 3 heterocycles. The Labute approximate surface area is 207 Å². The zero-order valence-corrected chi connectivity index (χ0v) is 19.8. The van der Waals surface area contributed by atoms with Crippen molar-refractivity contribution in [2.45, 2.75) is 19.5 Å². The number of anilines is 1. The van der Waals surface area contributed by atoms with Crippen LogP contribution < -0.4 is 9.64 Å². The van der Waals surface area contributed by atoms with E-state index < -0.39 is 11.9 Å². The topological polar surface area (TPSA) is 63.0 Å². The normalized spacial score (nSPS) is 19.8. The highest BCUT2D eigenvalue weighted by molar-refractivity contribution is 6.12. The van der Waals surface area contributed by atoms with E-state index in [4.69, 9.17) is 4.74 Å². The van der Waals surface area contributed by atoms with Crippen molar-refractivity contribution in [3.05, 3.63) is 83.7 Å². The standard InChI is InChI=1S/C27H26F3N5O/c1-18-15-35(26-31-12-11-24(34-26)27(28,29)30)16-21(18)13-19-7-9-22(10-8-19)36-17-25-32-14-23(33-25)20-5-3-2-4-6-20/h2-12,18,21H,13-17H2,1H3. The SMILES string of the molecule is CC1CN(c2nccc(C(F)(F)F)n2)CC1Cc1ccc(OCC2=NCC(c3ccccc3)=N2)cc1. The molecule has 2 atom stereocenters. The van der Waals surface area contributed by atoms with Gasteiger partial charge in [0.25, 0.3) is 0 Å². The predicted molar refractivity (Wildman–Crippen MR) is 133 cm³/mol. The van der Waals surface area contributed by atoms with Gasteiger partial charge in [0, 0.05) is 19.3 Å². The maximum Gasteiger partial charge on any atom is 0.433 e. The minimum Gasteiger partial charge on any atom is -0.486 e. The van der Waals surface area contributed by atoms with E-state index in [1.165, 1.54) is 6.20 Å². The molecule has 2 aliphatic heterocycles. The molecule has 0 spiro atoms. The molecule has 3 aromatic rings. The lowest BCUT2D eigenvalue weighted by molar-refractivity contribution is -0.141. The Kier molecular flexibility index (Phi) is 6.71. The van der Waals surface area contributed by atoms with E-state index in [1.54, 1.807) is 0 Å². The van der Waals surface area contributed by atoms with Crippen LogP contribution in [0.1, 0.15) is 23.7 Å². The van der Waals surface area contributed by atoms with Crippen LogP contribution in [0.25, 0.3) is 0 Å². The molecular weight excluding hydrogens is 467 g/mol. The summed E-state index contributed by atoms with van der Waals surface area (Å²) < 4.78 is 45.0. The van der Waals surface area contributed by atoms with Gasteiger partial charge in [0.1, 0.15) is 18.1 Å². The molecule has 0 aliphatic carbocycles. The Morgan fingerprint density at radius 2 is 1.78 bits per heavy atom. The molecule has 186 valence electrons. The molecule has 36 heavy (non-hydrogen) atoms. The molecule has 9 heteroatoms. The number of halogens is 3. The fraction of sp³-hybridized carbons (Fsp3) is 0.333. The summed E-state index contributed by atoms with van der Waals surface area (Å²) in [4.78, 5) is 18.7. The van der Waals surface area contributed by atoms with Crippen molar-refractivity contribution in [1.82, 2.24) is 9.97 Å². The first-order valence-electron chi connectivity index (χ1n) is 11.9. The van der Waals surface area contributed by atoms with Gasteiger partial charge in [0.2, 0.25) is 5.95 Å². The summed E-state index contributed by atoms with van der Waals surface area (Å²) in [5.41, 5.74) is 2.25. The number of aliphatic imine (C=N–C) groups is 2. The molecule has 2 aromatic carbocycles. The maximum atomic E-state index is 13.0. The molecule has 0 saturated carbocycles. The molecule has 5 rings (SSSR count). The summed E-state index contributed by atoms with van der Waals surface area (Å²) in [5, 5.41) is 0. The van der Waals surface area contributed by atoms with E-state index >= 15 is 0 Å². The number of rotatable bonds is 7. The second-order valence-electron chi connectivity index (χ2n) is 9.18. The minimum atomic E-state index is -4.48. The van der Waals surface area contributed by atoms with Gasteiger partial charge in [-0.15, -0.1) is 0 Å². The van der Waals surface area contributed by atoms with Gasteiger partial charge in [-0.3, -0.25) is 4.99 Å². The van der Waals surface area contributed by atoms with Crippen LogP contribution in [0.15, 0.2) is 76.8 Å². The first-order chi connectivity index (χ1) is 17.3. The van der Waals surface area contributed by atoms with Gasteiger partial charge in [-0.25, -0.2) is 15.0 Å². The smallest absolute Gasteiger partial charge is 0.433 e. The number of alkyl halides is 3. The molecular formula is C27H26F3N5O. The van der Waals surface area contributed by atoms with Gasteiger partial charge in [-0.05, 0) is 47.6 Å². The molecule has 2 aliphatic rings. The zero-order chi connectivity index (χ0) is 25.1. The summed E-state index contributed by atoms with van der Waals surface area (Å²) in [6.45, 7) is 4.22. The molecule has 1 fully saturated rings. The van der Waals surface area contributed by atoms with E-state index in [1.807, 2.05) is 59.5 Å². The Morgan fingerprint density at radius 1 is 1.00 bits per heavy atom. The first kappa shape index (κ1) is 24.0. The summed E-state index contributed by atoms with van der Waals surface area (Å²) in [6, 6.07) is 18.8. The van der Waals surface area contributed by atoms with Gasteiger partial charge in [0.15, 0.2) is 5.84 Å². The van der Waals surface area contributed by atoms with Crippen LogP contribution in [0.4, 0.5) is 19.1 Å². The molecule has 0 bridgehead atoms. The molecule has 1 aromatic heterocycles. The Bertz CT molecular complexity index is 1260. The summed E-state index contributed by atoms with van der Waals surface area (Å²) >= 11 is 0. The molecule has 0 amide bonds. The van der Waals surface area contributed by atoms with Gasteiger partial charge in [0.05, 0.1) is 12.3 Å². The molecule has 6 nitrogen and oxygen atoms in total. The first-order valence-corrected chi connectivity index (χ1v) is 11.9. The van der Waals surface area contributed by atoms with Crippen LogP contribution >= 0.6 is 0 Å². The Balaban J connectivity index is 1.15. The van der Waals surface area contributed by atoms with E-state index in [-0.39, 0.29) is 11.9 Å². The molecule has 0 N–H and O–H groups in total. The van der Waals surface area contributed by atoms with Crippen LogP contribution in [0, 0.1) is 11.8 Å². The van der Waals surface area contributed by atoms with Crippen LogP contribution in [0.3, 0.4) is 0 Å². The van der Waals surface area contributed by atoms with Crippen molar-refractivity contribution >= 4 is 17.5 Å². The van der Waals surface area contributed by atoms with Crippen molar-refractivity contribution in [1.29, 1.82) is 0 Å². The number of benzene rings is 2. The van der Waals surface area contributed by atoms with E-state index in [0.717, 1.165) is 35.1 Å². The molecule has 2 unspecified atom stereocenters. The number of hydrogen-bond acceptors (Lipinski definition) is 6. The molecule has 0 radical (unpaired) electrons. The zero-order valence-electron chi connectivity index (χ0n) is 19.8. The van der Waals surface area contributed by atoms with Gasteiger partial charge >= 0.3 is 6.18 Å². The number of ether oxygens (including phenoxy) is 1. The highest BCUT2D eigenvalue weighted by Crippen LogP contribution is 2.32. The highest BCUT2D eigenvalue weighted by atomic mass is 19.4.